The lowest BCUT2D eigenvalue weighted by molar-refractivity contribution is -0.148. The first kappa shape index (κ1) is 43.9. The number of benzene rings is 2. The Kier molecular flexibility index (Phi) is 12.8. The van der Waals surface area contributed by atoms with E-state index in [0.717, 1.165) is 10.9 Å². The van der Waals surface area contributed by atoms with Gasteiger partial charge in [0.2, 0.25) is 27.7 Å². The lowest BCUT2D eigenvalue weighted by atomic mass is 9.85. The van der Waals surface area contributed by atoms with Crippen molar-refractivity contribution in [1.82, 2.24) is 30.6 Å². The Balaban J connectivity index is 1.25. The number of nitrogens with one attached hydrogen (secondary N) is 4. The van der Waals surface area contributed by atoms with Gasteiger partial charge in [0.05, 0.1) is 18.9 Å². The Morgan fingerprint density at radius 1 is 1.03 bits per heavy atom. The third-order valence-corrected chi connectivity index (χ3v) is 12.9. The summed E-state index contributed by atoms with van der Waals surface area (Å²) in [7, 11) is -2.38. The number of nitrogens with zero attached hydrogens (tertiary/aromatic N) is 2. The zero-order valence-corrected chi connectivity index (χ0v) is 35.5. The van der Waals surface area contributed by atoms with Gasteiger partial charge in [0, 0.05) is 23.9 Å². The van der Waals surface area contributed by atoms with Crippen molar-refractivity contribution in [3.8, 4) is 11.6 Å². The molecule has 60 heavy (non-hydrogen) atoms. The fourth-order valence-corrected chi connectivity index (χ4v) is 8.71. The molecule has 322 valence electrons. The zero-order chi connectivity index (χ0) is 43.6. The number of carbonyl (C=O) groups is 5. The van der Waals surface area contributed by atoms with Crippen LogP contribution >= 0.6 is 0 Å². The summed E-state index contributed by atoms with van der Waals surface area (Å²) in [5.41, 5.74) is -1.75. The molecule has 0 unspecified atom stereocenters. The van der Waals surface area contributed by atoms with Crippen molar-refractivity contribution in [3.05, 3.63) is 79.0 Å². The molecular weight excluding hydrogens is 793 g/mol. The molecule has 6 rings (SSSR count). The molecule has 6 atom stereocenters. The quantitative estimate of drug-likeness (QED) is 0.121. The van der Waals surface area contributed by atoms with E-state index in [-0.39, 0.29) is 37.8 Å². The van der Waals surface area contributed by atoms with E-state index < -0.39 is 86.1 Å². The molecule has 5 amide bonds. The van der Waals surface area contributed by atoms with Gasteiger partial charge in [-0.25, -0.2) is 23.0 Å². The number of pyridine rings is 1. The van der Waals surface area contributed by atoms with Crippen LogP contribution in [0.2, 0.25) is 0 Å². The second-order valence-corrected chi connectivity index (χ2v) is 19.1. The van der Waals surface area contributed by atoms with Gasteiger partial charge >= 0.3 is 12.0 Å². The standard InChI is InChI=1S/C43H54N6O10S/c1-8-28-22-43(28,40(53)48-60(55,56)31-15-16-31)47-36(50)33-21-30(59-37-32-17-14-29(57-7)20-27(32)18-19-44-37)23-49(33)38(51)35(42(4,5)6)46-41(54)45-34(25(2)3)39(52)58-24-26-12-10-9-11-13-26/h8-14,17-20,25,28,30-31,33-35H,1,15-16,21-24H2,2-7H3,(H,47,50)(H,48,53)(H2,45,46,54)/t28-,30+,33+,34+,35+,43-/m0/s1. The lowest BCUT2D eigenvalue weighted by Crippen LogP contribution is -2.61. The highest BCUT2D eigenvalue weighted by molar-refractivity contribution is 7.91. The van der Waals surface area contributed by atoms with Gasteiger partial charge in [-0.15, -0.1) is 6.58 Å². The van der Waals surface area contributed by atoms with Crippen LogP contribution in [-0.4, -0.2) is 96.7 Å². The summed E-state index contributed by atoms with van der Waals surface area (Å²) >= 11 is 0. The molecule has 3 aromatic rings. The molecular formula is C43H54N6O10S. The number of urea groups is 1. The van der Waals surface area contributed by atoms with Gasteiger partial charge in [0.25, 0.3) is 5.91 Å². The number of carbonyl (C=O) groups excluding carboxylic acids is 5. The SMILES string of the molecule is C=C[C@H]1C[C@@]1(NC(=O)[C@H]1C[C@@H](Oc2nccc3cc(OC)ccc23)CN1C(=O)[C@@H](NC(=O)N[C@@H](C(=O)OCc1ccccc1)C(C)C)C(C)(C)C)C(=O)NS(=O)(=O)C1CC1. The highest BCUT2D eigenvalue weighted by atomic mass is 32.2. The Hall–Kier alpha value is -5.71. The molecule has 4 N–H and O–H groups in total. The average Bonchev–Trinajstić information content (AvgIpc) is 4.14. The maximum absolute atomic E-state index is 14.8. The molecule has 2 aromatic carbocycles. The van der Waals surface area contributed by atoms with Gasteiger partial charge in [-0.3, -0.25) is 19.1 Å². The van der Waals surface area contributed by atoms with Gasteiger partial charge in [-0.05, 0) is 65.8 Å². The second kappa shape index (κ2) is 17.5. The van der Waals surface area contributed by atoms with E-state index in [1.54, 1.807) is 66.1 Å². The van der Waals surface area contributed by atoms with Gasteiger partial charge in [-0.2, -0.15) is 0 Å². The van der Waals surface area contributed by atoms with Crippen molar-refractivity contribution < 1.29 is 46.6 Å². The molecule has 2 saturated carbocycles. The molecule has 17 heteroatoms. The fraction of sp³-hybridized carbons (Fsp3) is 0.488. The third-order valence-electron chi connectivity index (χ3n) is 11.1. The minimum Gasteiger partial charge on any atom is -0.497 e. The first-order chi connectivity index (χ1) is 28.4. The van der Waals surface area contributed by atoms with Gasteiger partial charge in [0.15, 0.2) is 0 Å². The molecule has 0 radical (unpaired) electrons. The Morgan fingerprint density at radius 2 is 1.75 bits per heavy atom. The lowest BCUT2D eigenvalue weighted by Gasteiger charge is -2.36. The smallest absolute Gasteiger partial charge is 0.329 e. The van der Waals surface area contributed by atoms with E-state index in [9.17, 15) is 32.4 Å². The van der Waals surface area contributed by atoms with Crippen LogP contribution in [0.1, 0.15) is 65.9 Å². The molecule has 3 aliphatic rings. The number of fused-ring (bicyclic) bond motifs is 1. The van der Waals surface area contributed by atoms with Gasteiger partial charge in [-0.1, -0.05) is 71.0 Å². The topological polar surface area (TPSA) is 211 Å². The number of likely N-dealkylation sites (tertiary alicyclic amines) is 1. The predicted molar refractivity (Wildman–Crippen MR) is 222 cm³/mol. The van der Waals surface area contributed by atoms with Crippen LogP contribution in [0, 0.1) is 17.3 Å². The number of amides is 5. The summed E-state index contributed by atoms with van der Waals surface area (Å²) in [4.78, 5) is 75.4. The zero-order valence-electron chi connectivity index (χ0n) is 34.7. The van der Waals surface area contributed by atoms with Gasteiger partial charge in [0.1, 0.15) is 42.1 Å². The van der Waals surface area contributed by atoms with Crippen LogP contribution in [0.5, 0.6) is 11.6 Å². The Bertz CT molecular complexity index is 2240. The maximum Gasteiger partial charge on any atom is 0.329 e. The summed E-state index contributed by atoms with van der Waals surface area (Å²) < 4.78 is 45.0. The number of esters is 1. The van der Waals surface area contributed by atoms with E-state index >= 15 is 0 Å². The molecule has 1 aromatic heterocycles. The molecule has 16 nitrogen and oxygen atoms in total. The van der Waals surface area contributed by atoms with E-state index in [1.807, 2.05) is 36.4 Å². The van der Waals surface area contributed by atoms with Crippen LogP contribution in [0.25, 0.3) is 10.8 Å². The van der Waals surface area contributed by atoms with Crippen molar-refractivity contribution >= 4 is 50.5 Å². The van der Waals surface area contributed by atoms with Crippen LogP contribution in [-0.2, 0) is 40.5 Å². The normalized spacial score (nSPS) is 22.2. The maximum atomic E-state index is 14.8. The van der Waals surface area contributed by atoms with Crippen molar-refractivity contribution in [2.45, 2.75) is 102 Å². The van der Waals surface area contributed by atoms with E-state index in [1.165, 1.54) is 11.0 Å². The van der Waals surface area contributed by atoms with Crippen molar-refractivity contribution in [2.75, 3.05) is 13.7 Å². The first-order valence-corrected chi connectivity index (χ1v) is 21.6. The van der Waals surface area contributed by atoms with E-state index in [4.69, 9.17) is 14.2 Å². The van der Waals surface area contributed by atoms with Crippen molar-refractivity contribution in [1.29, 1.82) is 0 Å². The summed E-state index contributed by atoms with van der Waals surface area (Å²) in [6.07, 6.45) is 3.21. The van der Waals surface area contributed by atoms with Crippen LogP contribution in [0.3, 0.4) is 0 Å². The molecule has 0 bridgehead atoms. The summed E-state index contributed by atoms with van der Waals surface area (Å²) in [6, 6.07) is 12.0. The number of aromatic nitrogens is 1. The minimum atomic E-state index is -3.94. The Labute approximate surface area is 350 Å². The molecule has 1 aliphatic heterocycles. The van der Waals surface area contributed by atoms with E-state index in [0.29, 0.717) is 24.0 Å². The summed E-state index contributed by atoms with van der Waals surface area (Å²) in [5, 5.41) is 8.98. The predicted octanol–water partition coefficient (Wildman–Crippen LogP) is 3.74. The molecule has 0 spiro atoms. The van der Waals surface area contributed by atoms with Crippen molar-refractivity contribution in [2.24, 2.45) is 17.3 Å². The highest BCUT2D eigenvalue weighted by Crippen LogP contribution is 2.45. The molecule has 1 saturated heterocycles. The fourth-order valence-electron chi connectivity index (χ4n) is 7.35. The summed E-state index contributed by atoms with van der Waals surface area (Å²) in [6.45, 7) is 12.4. The number of rotatable bonds is 16. The number of sulfonamides is 1. The number of hydrogen-bond donors (Lipinski definition) is 4. The molecule has 3 fully saturated rings. The first-order valence-electron chi connectivity index (χ1n) is 20.0. The number of ether oxygens (including phenoxy) is 3. The average molecular weight is 847 g/mol. The van der Waals surface area contributed by atoms with E-state index in [2.05, 4.69) is 32.2 Å². The largest absolute Gasteiger partial charge is 0.497 e. The number of methoxy groups -OCH3 is 1. The minimum absolute atomic E-state index is 0.00620. The van der Waals surface area contributed by atoms with Gasteiger partial charge < -0.3 is 35.1 Å². The second-order valence-electron chi connectivity index (χ2n) is 17.1. The number of hydrogen-bond acceptors (Lipinski definition) is 11. The van der Waals surface area contributed by atoms with Crippen molar-refractivity contribution in [3.63, 3.8) is 0 Å². The monoisotopic (exact) mass is 846 g/mol. The van der Waals surface area contributed by atoms with Crippen LogP contribution in [0.4, 0.5) is 4.79 Å². The molecule has 2 heterocycles. The van der Waals surface area contributed by atoms with Crippen LogP contribution in [0.15, 0.2) is 73.4 Å². The van der Waals surface area contributed by atoms with Crippen LogP contribution < -0.4 is 30.1 Å². The Morgan fingerprint density at radius 3 is 2.37 bits per heavy atom. The highest BCUT2D eigenvalue weighted by Gasteiger charge is 2.62. The summed E-state index contributed by atoms with van der Waals surface area (Å²) in [5.74, 6) is -2.92. The third kappa shape index (κ3) is 9.83. The molecule has 2 aliphatic carbocycles.